The van der Waals surface area contributed by atoms with Crippen LogP contribution >= 0.6 is 23.2 Å². The van der Waals surface area contributed by atoms with E-state index in [1.54, 1.807) is 30.3 Å². The average molecular weight is 418 g/mol. The zero-order chi connectivity index (χ0) is 19.2. The van der Waals surface area contributed by atoms with Crippen molar-refractivity contribution in [2.75, 3.05) is 13.2 Å². The van der Waals surface area contributed by atoms with E-state index in [-0.39, 0.29) is 18.1 Å². The summed E-state index contributed by atoms with van der Waals surface area (Å²) < 4.78 is 37.0. The van der Waals surface area contributed by atoms with Crippen molar-refractivity contribution in [3.05, 3.63) is 58.6 Å². The van der Waals surface area contributed by atoms with Crippen molar-refractivity contribution in [3.63, 3.8) is 0 Å². The van der Waals surface area contributed by atoms with E-state index in [0.717, 1.165) is 0 Å². The third-order valence-electron chi connectivity index (χ3n) is 3.22. The van der Waals surface area contributed by atoms with Crippen molar-refractivity contribution in [2.24, 2.45) is 0 Å². The van der Waals surface area contributed by atoms with Crippen molar-refractivity contribution in [1.82, 2.24) is 4.72 Å². The Bertz CT molecular complexity index is 859. The van der Waals surface area contributed by atoms with Gasteiger partial charge < -0.3 is 9.47 Å². The van der Waals surface area contributed by atoms with E-state index in [2.05, 4.69) is 4.72 Å². The zero-order valence-corrected chi connectivity index (χ0v) is 16.1. The molecule has 0 heterocycles. The Hall–Kier alpha value is -1.80. The number of rotatable bonds is 8. The highest BCUT2D eigenvalue weighted by Crippen LogP contribution is 2.27. The maximum Gasteiger partial charge on any atom is 0.324 e. The molecule has 2 aromatic carbocycles. The fraction of sp³-hybridized carbons (Fsp3) is 0.235. The predicted octanol–water partition coefficient (Wildman–Crippen LogP) is 3.28. The summed E-state index contributed by atoms with van der Waals surface area (Å²) in [6, 6.07) is 11.5. The molecule has 0 radical (unpaired) electrons. The van der Waals surface area contributed by atoms with E-state index in [1.807, 2.05) is 0 Å². The molecule has 1 unspecified atom stereocenters. The molecule has 6 nitrogen and oxygen atoms in total. The monoisotopic (exact) mass is 417 g/mol. The topological polar surface area (TPSA) is 81.7 Å². The van der Waals surface area contributed by atoms with Gasteiger partial charge in [-0.25, -0.2) is 8.42 Å². The molecular formula is C17H17Cl2NO5S. The third-order valence-corrected chi connectivity index (χ3v) is 5.31. The molecule has 0 spiro atoms. The minimum atomic E-state index is -3.80. The molecular weight excluding hydrogens is 401 g/mol. The molecule has 2 rings (SSSR count). The molecule has 0 aromatic heterocycles. The molecule has 0 saturated carbocycles. The van der Waals surface area contributed by atoms with Gasteiger partial charge in [-0.05, 0) is 37.3 Å². The van der Waals surface area contributed by atoms with Gasteiger partial charge in [0.2, 0.25) is 10.0 Å². The van der Waals surface area contributed by atoms with Crippen molar-refractivity contribution < 1.29 is 22.7 Å². The molecule has 2 aromatic rings. The lowest BCUT2D eigenvalue weighted by atomic mass is 10.3. The minimum Gasteiger partial charge on any atom is -0.488 e. The highest BCUT2D eigenvalue weighted by molar-refractivity contribution is 7.89. The number of nitrogens with one attached hydrogen (secondary N) is 1. The summed E-state index contributed by atoms with van der Waals surface area (Å²) >= 11 is 11.7. The molecule has 26 heavy (non-hydrogen) atoms. The Morgan fingerprint density at radius 2 is 1.81 bits per heavy atom. The quantitative estimate of drug-likeness (QED) is 0.526. The highest BCUT2D eigenvalue weighted by Gasteiger charge is 2.22. The molecule has 0 aliphatic heterocycles. The molecule has 140 valence electrons. The Balaban J connectivity index is 1.80. The van der Waals surface area contributed by atoms with Crippen LogP contribution in [0.3, 0.4) is 0 Å². The molecule has 1 atom stereocenters. The number of hydrogen-bond acceptors (Lipinski definition) is 5. The van der Waals surface area contributed by atoms with Crippen LogP contribution in [-0.4, -0.2) is 33.6 Å². The first-order chi connectivity index (χ1) is 12.3. The molecule has 0 fully saturated rings. The van der Waals surface area contributed by atoms with Gasteiger partial charge in [-0.2, -0.15) is 4.72 Å². The molecule has 0 aliphatic rings. The van der Waals surface area contributed by atoms with Gasteiger partial charge >= 0.3 is 5.97 Å². The van der Waals surface area contributed by atoms with Crippen LogP contribution in [-0.2, 0) is 19.6 Å². The van der Waals surface area contributed by atoms with E-state index in [4.69, 9.17) is 32.7 Å². The van der Waals surface area contributed by atoms with E-state index in [1.165, 1.54) is 25.1 Å². The molecule has 0 aliphatic carbocycles. The third kappa shape index (κ3) is 5.88. The second-order valence-corrected chi connectivity index (χ2v) is 7.80. The summed E-state index contributed by atoms with van der Waals surface area (Å²) in [7, 11) is -3.80. The summed E-state index contributed by atoms with van der Waals surface area (Å²) in [6.07, 6.45) is 0. The van der Waals surface area contributed by atoms with E-state index < -0.39 is 22.0 Å². The lowest BCUT2D eigenvalue weighted by Gasteiger charge is -2.14. The first kappa shape index (κ1) is 20.5. The van der Waals surface area contributed by atoms with Gasteiger partial charge in [0, 0.05) is 5.02 Å². The van der Waals surface area contributed by atoms with Gasteiger partial charge in [-0.1, -0.05) is 41.4 Å². The molecule has 9 heteroatoms. The lowest BCUT2D eigenvalue weighted by Crippen LogP contribution is -2.39. The number of halogens is 2. The fourth-order valence-corrected chi connectivity index (χ4v) is 3.64. The number of esters is 1. The SMILES string of the molecule is CC(NS(=O)(=O)c1ccccc1)C(=O)OCCOc1ccc(Cl)cc1Cl. The number of carbonyl (C=O) groups excluding carboxylic acids is 1. The summed E-state index contributed by atoms with van der Waals surface area (Å²) in [5, 5.41) is 0.820. The number of sulfonamides is 1. The van der Waals surface area contributed by atoms with Gasteiger partial charge in [-0.15, -0.1) is 0 Å². The van der Waals surface area contributed by atoms with Crippen LogP contribution in [0.25, 0.3) is 0 Å². The van der Waals surface area contributed by atoms with Gasteiger partial charge in [0.25, 0.3) is 0 Å². The molecule has 0 bridgehead atoms. The smallest absolute Gasteiger partial charge is 0.324 e. The van der Waals surface area contributed by atoms with Gasteiger partial charge in [0.05, 0.1) is 9.92 Å². The Morgan fingerprint density at radius 3 is 2.46 bits per heavy atom. The van der Waals surface area contributed by atoms with Gasteiger partial charge in [0.1, 0.15) is 25.0 Å². The number of carbonyl (C=O) groups is 1. The maximum atomic E-state index is 12.2. The van der Waals surface area contributed by atoms with Gasteiger partial charge in [-0.3, -0.25) is 4.79 Å². The summed E-state index contributed by atoms with van der Waals surface area (Å²) in [4.78, 5) is 12.0. The average Bonchev–Trinajstić information content (AvgIpc) is 2.60. The van der Waals surface area contributed by atoms with E-state index >= 15 is 0 Å². The standard InChI is InChI=1S/C17H17Cl2NO5S/c1-12(20-26(22,23)14-5-3-2-4-6-14)17(21)25-10-9-24-16-8-7-13(18)11-15(16)19/h2-8,11-12,20H,9-10H2,1H3. The number of hydrogen-bond donors (Lipinski definition) is 1. The summed E-state index contributed by atoms with van der Waals surface area (Å²) in [5.41, 5.74) is 0. The predicted molar refractivity (Wildman–Crippen MR) is 99.1 cm³/mol. The minimum absolute atomic E-state index is 0.0603. The normalized spacial score (nSPS) is 12.4. The largest absolute Gasteiger partial charge is 0.488 e. The van der Waals surface area contributed by atoms with Crippen LogP contribution < -0.4 is 9.46 Å². The second kappa shape index (κ2) is 9.23. The Labute approximate surface area is 162 Å². The lowest BCUT2D eigenvalue weighted by molar-refractivity contribution is -0.145. The van der Waals surface area contributed by atoms with Crippen molar-refractivity contribution in [2.45, 2.75) is 17.9 Å². The Morgan fingerprint density at radius 1 is 1.12 bits per heavy atom. The van der Waals surface area contributed by atoms with Crippen LogP contribution in [0.1, 0.15) is 6.92 Å². The van der Waals surface area contributed by atoms with Crippen molar-refractivity contribution >= 4 is 39.2 Å². The summed E-state index contributed by atoms with van der Waals surface area (Å²) in [6.45, 7) is 1.40. The van der Waals surface area contributed by atoms with Crippen LogP contribution in [0.2, 0.25) is 10.0 Å². The van der Waals surface area contributed by atoms with Crippen molar-refractivity contribution in [3.8, 4) is 5.75 Å². The van der Waals surface area contributed by atoms with Crippen LogP contribution in [0.15, 0.2) is 53.4 Å². The molecule has 0 amide bonds. The Kier molecular flexibility index (Phi) is 7.28. The molecule has 0 saturated heterocycles. The van der Waals surface area contributed by atoms with Crippen LogP contribution in [0.5, 0.6) is 5.75 Å². The zero-order valence-electron chi connectivity index (χ0n) is 13.8. The van der Waals surface area contributed by atoms with E-state index in [9.17, 15) is 13.2 Å². The summed E-state index contributed by atoms with van der Waals surface area (Å²) in [5.74, 6) is -0.305. The fourth-order valence-electron chi connectivity index (χ4n) is 1.96. The second-order valence-electron chi connectivity index (χ2n) is 5.25. The van der Waals surface area contributed by atoms with Crippen LogP contribution in [0, 0.1) is 0 Å². The highest BCUT2D eigenvalue weighted by atomic mass is 35.5. The number of ether oxygens (including phenoxy) is 2. The number of benzene rings is 2. The first-order valence-corrected chi connectivity index (χ1v) is 9.85. The maximum absolute atomic E-state index is 12.2. The van der Waals surface area contributed by atoms with Crippen molar-refractivity contribution in [1.29, 1.82) is 0 Å². The molecule has 1 N–H and O–H groups in total. The van der Waals surface area contributed by atoms with E-state index in [0.29, 0.717) is 15.8 Å². The van der Waals surface area contributed by atoms with Crippen LogP contribution in [0.4, 0.5) is 0 Å². The van der Waals surface area contributed by atoms with Gasteiger partial charge in [0.15, 0.2) is 0 Å². The first-order valence-electron chi connectivity index (χ1n) is 7.61.